The summed E-state index contributed by atoms with van der Waals surface area (Å²) in [6, 6.07) is 9.38. The monoisotopic (exact) mass is 349 g/mol. The Morgan fingerprint density at radius 3 is 2.70 bits per heavy atom. The lowest BCUT2D eigenvalue weighted by molar-refractivity contribution is 0.0601. The molecule has 0 saturated heterocycles. The van der Waals surface area contributed by atoms with E-state index in [1.807, 2.05) is 0 Å². The number of carbonyl (C=O) groups excluding carboxylic acids is 1. The van der Waals surface area contributed by atoms with Gasteiger partial charge in [0.1, 0.15) is 5.82 Å². The average Bonchev–Trinajstić information content (AvgIpc) is 2.57. The number of fused-ring (bicyclic) bond motifs is 1. The first kappa shape index (κ1) is 15.7. The van der Waals surface area contributed by atoms with E-state index in [0.717, 1.165) is 0 Å². The molecular formula is C17H10Cl2FNO2. The third-order valence-electron chi connectivity index (χ3n) is 3.47. The maximum absolute atomic E-state index is 13.7. The highest BCUT2D eigenvalue weighted by atomic mass is 35.5. The molecule has 3 aromatic rings. The van der Waals surface area contributed by atoms with Crippen LogP contribution >= 0.6 is 23.2 Å². The Balaban J connectivity index is 2.34. The number of carbonyl (C=O) groups is 1. The summed E-state index contributed by atoms with van der Waals surface area (Å²) < 4.78 is 18.5. The smallest absolute Gasteiger partial charge is 0.337 e. The number of halogens is 3. The van der Waals surface area contributed by atoms with E-state index in [2.05, 4.69) is 4.98 Å². The Morgan fingerprint density at radius 2 is 1.96 bits per heavy atom. The van der Waals surface area contributed by atoms with Crippen LogP contribution in [0, 0.1) is 5.82 Å². The topological polar surface area (TPSA) is 39.2 Å². The SMILES string of the molecule is COC(=O)c1ccc2c(Cl)cnc(-c3cccc(F)c3Cl)c2c1. The molecule has 0 aliphatic rings. The van der Waals surface area contributed by atoms with E-state index in [0.29, 0.717) is 32.6 Å². The molecular weight excluding hydrogens is 340 g/mol. The van der Waals surface area contributed by atoms with Gasteiger partial charge in [-0.2, -0.15) is 0 Å². The zero-order chi connectivity index (χ0) is 16.6. The highest BCUT2D eigenvalue weighted by Crippen LogP contribution is 2.36. The highest BCUT2D eigenvalue weighted by Gasteiger charge is 2.16. The minimum atomic E-state index is -0.543. The first-order chi connectivity index (χ1) is 11.0. The molecule has 0 bridgehead atoms. The summed E-state index contributed by atoms with van der Waals surface area (Å²) in [5.41, 5.74) is 1.22. The summed E-state index contributed by atoms with van der Waals surface area (Å²) in [6.45, 7) is 0. The number of methoxy groups -OCH3 is 1. The minimum absolute atomic E-state index is 0.0351. The molecule has 0 atom stereocenters. The third kappa shape index (κ3) is 2.76. The second kappa shape index (κ2) is 6.14. The number of esters is 1. The summed E-state index contributed by atoms with van der Waals surface area (Å²) in [7, 11) is 1.30. The lowest BCUT2D eigenvalue weighted by Gasteiger charge is -2.10. The average molecular weight is 350 g/mol. The summed E-state index contributed by atoms with van der Waals surface area (Å²) in [5, 5.41) is 1.66. The van der Waals surface area contributed by atoms with Gasteiger partial charge in [-0.05, 0) is 18.2 Å². The molecule has 116 valence electrons. The van der Waals surface area contributed by atoms with Crippen molar-refractivity contribution in [1.82, 2.24) is 4.98 Å². The van der Waals surface area contributed by atoms with Gasteiger partial charge in [-0.15, -0.1) is 0 Å². The van der Waals surface area contributed by atoms with Gasteiger partial charge in [0.15, 0.2) is 0 Å². The number of hydrogen-bond donors (Lipinski definition) is 0. The van der Waals surface area contributed by atoms with Gasteiger partial charge >= 0.3 is 5.97 Å². The van der Waals surface area contributed by atoms with Gasteiger partial charge < -0.3 is 4.74 Å². The van der Waals surface area contributed by atoms with Crippen molar-refractivity contribution in [2.75, 3.05) is 7.11 Å². The largest absolute Gasteiger partial charge is 0.465 e. The summed E-state index contributed by atoms with van der Waals surface area (Å²) in [6.07, 6.45) is 1.47. The molecule has 0 radical (unpaired) electrons. The maximum Gasteiger partial charge on any atom is 0.337 e. The van der Waals surface area contributed by atoms with E-state index in [1.165, 1.54) is 19.4 Å². The molecule has 0 spiro atoms. The Labute approximate surface area is 141 Å². The fourth-order valence-corrected chi connectivity index (χ4v) is 2.78. The van der Waals surface area contributed by atoms with Crippen LogP contribution in [0.1, 0.15) is 10.4 Å². The molecule has 0 amide bonds. The van der Waals surface area contributed by atoms with Crippen LogP contribution in [0.25, 0.3) is 22.0 Å². The van der Waals surface area contributed by atoms with Crippen molar-refractivity contribution in [3.05, 3.63) is 64.0 Å². The van der Waals surface area contributed by atoms with Crippen LogP contribution in [0.3, 0.4) is 0 Å². The molecule has 2 aromatic carbocycles. The van der Waals surface area contributed by atoms with Gasteiger partial charge in [0.25, 0.3) is 0 Å². The van der Waals surface area contributed by atoms with E-state index >= 15 is 0 Å². The van der Waals surface area contributed by atoms with Crippen molar-refractivity contribution in [2.45, 2.75) is 0 Å². The number of benzene rings is 2. The standard InChI is InChI=1S/C17H10Cl2FNO2/c1-23-17(22)9-5-6-10-12(7-9)16(21-8-13(10)18)11-3-2-4-14(20)15(11)19/h2-8H,1H3. The van der Waals surface area contributed by atoms with E-state index in [9.17, 15) is 9.18 Å². The maximum atomic E-state index is 13.7. The fraction of sp³-hybridized carbons (Fsp3) is 0.0588. The predicted molar refractivity (Wildman–Crippen MR) is 88.5 cm³/mol. The van der Waals surface area contributed by atoms with Crippen LogP contribution in [-0.4, -0.2) is 18.1 Å². The Kier molecular flexibility index (Phi) is 4.20. The molecule has 0 saturated carbocycles. The van der Waals surface area contributed by atoms with Crippen molar-refractivity contribution in [3.63, 3.8) is 0 Å². The van der Waals surface area contributed by atoms with Gasteiger partial charge in [-0.25, -0.2) is 9.18 Å². The predicted octanol–water partition coefficient (Wildman–Crippen LogP) is 5.13. The van der Waals surface area contributed by atoms with Crippen molar-refractivity contribution in [3.8, 4) is 11.3 Å². The third-order valence-corrected chi connectivity index (χ3v) is 4.15. The summed E-state index contributed by atoms with van der Waals surface area (Å²) >= 11 is 12.2. The van der Waals surface area contributed by atoms with Crippen LogP contribution in [0.2, 0.25) is 10.0 Å². The molecule has 23 heavy (non-hydrogen) atoms. The molecule has 0 unspecified atom stereocenters. The number of hydrogen-bond acceptors (Lipinski definition) is 3. The van der Waals surface area contributed by atoms with Gasteiger partial charge in [-0.1, -0.05) is 41.4 Å². The Morgan fingerprint density at radius 1 is 1.17 bits per heavy atom. The first-order valence-electron chi connectivity index (χ1n) is 6.64. The van der Waals surface area contributed by atoms with Gasteiger partial charge in [-0.3, -0.25) is 4.98 Å². The molecule has 3 rings (SSSR count). The van der Waals surface area contributed by atoms with Crippen LogP contribution in [0.5, 0.6) is 0 Å². The van der Waals surface area contributed by atoms with Crippen LogP contribution in [0.4, 0.5) is 4.39 Å². The number of nitrogens with zero attached hydrogens (tertiary/aromatic N) is 1. The second-order valence-corrected chi connectivity index (χ2v) is 5.59. The first-order valence-corrected chi connectivity index (χ1v) is 7.39. The molecule has 1 heterocycles. The van der Waals surface area contributed by atoms with Crippen LogP contribution < -0.4 is 0 Å². The van der Waals surface area contributed by atoms with E-state index < -0.39 is 11.8 Å². The lowest BCUT2D eigenvalue weighted by Crippen LogP contribution is -2.01. The van der Waals surface area contributed by atoms with E-state index in [4.69, 9.17) is 27.9 Å². The second-order valence-electron chi connectivity index (χ2n) is 4.81. The number of rotatable bonds is 2. The zero-order valence-electron chi connectivity index (χ0n) is 11.9. The van der Waals surface area contributed by atoms with Crippen molar-refractivity contribution >= 4 is 39.9 Å². The Bertz CT molecular complexity index is 928. The molecule has 0 aliphatic carbocycles. The van der Waals surface area contributed by atoms with Crippen LogP contribution in [-0.2, 0) is 4.74 Å². The van der Waals surface area contributed by atoms with Crippen molar-refractivity contribution in [2.24, 2.45) is 0 Å². The number of ether oxygens (including phenoxy) is 1. The van der Waals surface area contributed by atoms with E-state index in [-0.39, 0.29) is 5.02 Å². The quantitative estimate of drug-likeness (QED) is 0.601. The summed E-state index contributed by atoms with van der Waals surface area (Å²) in [4.78, 5) is 16.0. The molecule has 3 nitrogen and oxygen atoms in total. The van der Waals surface area contributed by atoms with Crippen molar-refractivity contribution < 1.29 is 13.9 Å². The minimum Gasteiger partial charge on any atom is -0.465 e. The summed E-state index contributed by atoms with van der Waals surface area (Å²) in [5.74, 6) is -1.03. The molecule has 0 N–H and O–H groups in total. The zero-order valence-corrected chi connectivity index (χ0v) is 13.5. The molecule has 1 aromatic heterocycles. The molecule has 0 fully saturated rings. The fourth-order valence-electron chi connectivity index (χ4n) is 2.35. The van der Waals surface area contributed by atoms with Crippen LogP contribution in [0.15, 0.2) is 42.6 Å². The van der Waals surface area contributed by atoms with Gasteiger partial charge in [0, 0.05) is 22.5 Å². The van der Waals surface area contributed by atoms with E-state index in [1.54, 1.807) is 30.3 Å². The molecule has 0 aliphatic heterocycles. The molecule has 6 heteroatoms. The highest BCUT2D eigenvalue weighted by molar-refractivity contribution is 6.36. The normalized spacial score (nSPS) is 10.8. The number of aromatic nitrogens is 1. The van der Waals surface area contributed by atoms with Gasteiger partial charge in [0.2, 0.25) is 0 Å². The Hall–Kier alpha value is -2.17. The lowest BCUT2D eigenvalue weighted by atomic mass is 10.0. The van der Waals surface area contributed by atoms with Gasteiger partial charge in [0.05, 0.1) is 28.4 Å². The number of pyridine rings is 1. The van der Waals surface area contributed by atoms with Crippen molar-refractivity contribution in [1.29, 1.82) is 0 Å².